The van der Waals surface area contributed by atoms with Gasteiger partial charge in [-0.1, -0.05) is 19.0 Å². The number of halogens is 6. The minimum absolute atomic E-state index is 0.0325. The van der Waals surface area contributed by atoms with Crippen LogP contribution in [-0.2, 0) is 36.2 Å². The van der Waals surface area contributed by atoms with Gasteiger partial charge in [0, 0.05) is 23.9 Å². The molecule has 0 saturated heterocycles. The Balaban J connectivity index is 1.71. The summed E-state index contributed by atoms with van der Waals surface area (Å²) in [5, 5.41) is 8.24. The summed E-state index contributed by atoms with van der Waals surface area (Å²) < 4.78 is 111. The summed E-state index contributed by atoms with van der Waals surface area (Å²) in [6, 6.07) is 1.69. The normalized spacial score (nSPS) is 16.3. The molecular formula is C20H18F6N4O4S. The van der Waals surface area contributed by atoms with Crippen LogP contribution in [0, 0.1) is 5.41 Å². The van der Waals surface area contributed by atoms with Crippen molar-refractivity contribution in [2.24, 2.45) is 12.5 Å². The molecule has 0 amide bonds. The molecule has 0 N–H and O–H groups in total. The molecule has 2 heterocycles. The third-order valence-electron chi connectivity index (χ3n) is 5.63. The molecule has 1 aromatic carbocycles. The van der Waals surface area contributed by atoms with Crippen LogP contribution in [0.5, 0.6) is 5.75 Å². The number of alkyl halides is 6. The quantitative estimate of drug-likeness (QED) is 0.272. The second-order valence-corrected chi connectivity index (χ2v) is 10.4. The van der Waals surface area contributed by atoms with Gasteiger partial charge in [-0.15, -0.1) is 0 Å². The summed E-state index contributed by atoms with van der Waals surface area (Å²) in [4.78, 5) is 4.12. The van der Waals surface area contributed by atoms with Crippen molar-refractivity contribution in [3.05, 3.63) is 35.0 Å². The van der Waals surface area contributed by atoms with Gasteiger partial charge < -0.3 is 8.71 Å². The SMILES string of the molecule is Cn1nc(-c2noc(-c3ccc(OS(=O)(=O)C(F)(F)F)c(C(F)(F)F)c3)n2)c2c1CC(C)(C)CC2. The number of benzene rings is 1. The van der Waals surface area contributed by atoms with Crippen molar-refractivity contribution in [3.8, 4) is 28.7 Å². The van der Waals surface area contributed by atoms with Crippen LogP contribution in [0.1, 0.15) is 37.1 Å². The average molecular weight is 524 g/mol. The fourth-order valence-electron chi connectivity index (χ4n) is 3.83. The maximum Gasteiger partial charge on any atom is 0.534 e. The van der Waals surface area contributed by atoms with E-state index in [2.05, 4.69) is 33.3 Å². The minimum Gasteiger partial charge on any atom is -0.375 e. The molecule has 3 aromatic rings. The Labute approximate surface area is 195 Å². The molecular weight excluding hydrogens is 506 g/mol. The monoisotopic (exact) mass is 524 g/mol. The number of hydrogen-bond donors (Lipinski definition) is 0. The van der Waals surface area contributed by atoms with Crippen LogP contribution in [0.3, 0.4) is 0 Å². The Hall–Kier alpha value is -3.10. The highest BCUT2D eigenvalue weighted by Gasteiger charge is 2.50. The van der Waals surface area contributed by atoms with E-state index in [0.29, 0.717) is 24.2 Å². The number of rotatable bonds is 4. The van der Waals surface area contributed by atoms with E-state index in [4.69, 9.17) is 4.52 Å². The Morgan fingerprint density at radius 2 is 1.83 bits per heavy atom. The van der Waals surface area contributed by atoms with Crippen molar-refractivity contribution in [2.75, 3.05) is 0 Å². The summed E-state index contributed by atoms with van der Waals surface area (Å²) in [7, 11) is -4.56. The summed E-state index contributed by atoms with van der Waals surface area (Å²) in [6.45, 7) is 4.25. The summed E-state index contributed by atoms with van der Waals surface area (Å²) >= 11 is 0. The number of hydrogen-bond acceptors (Lipinski definition) is 7. The predicted octanol–water partition coefficient (Wildman–Crippen LogP) is 4.90. The molecule has 0 radical (unpaired) electrons. The zero-order valence-corrected chi connectivity index (χ0v) is 19.3. The highest BCUT2D eigenvalue weighted by molar-refractivity contribution is 7.88. The molecule has 15 heteroatoms. The third-order valence-corrected chi connectivity index (χ3v) is 6.59. The van der Waals surface area contributed by atoms with E-state index < -0.39 is 33.1 Å². The smallest absolute Gasteiger partial charge is 0.375 e. The van der Waals surface area contributed by atoms with Crippen LogP contribution in [0.4, 0.5) is 26.3 Å². The molecule has 0 aliphatic heterocycles. The second kappa shape index (κ2) is 7.96. The van der Waals surface area contributed by atoms with Gasteiger partial charge >= 0.3 is 21.8 Å². The van der Waals surface area contributed by atoms with E-state index in [1.54, 1.807) is 11.7 Å². The van der Waals surface area contributed by atoms with Crippen molar-refractivity contribution >= 4 is 10.1 Å². The summed E-state index contributed by atoms with van der Waals surface area (Å²) in [5.41, 5.74) is -5.62. The average Bonchev–Trinajstić information content (AvgIpc) is 3.31. The Bertz CT molecular complexity index is 1390. The lowest BCUT2D eigenvalue weighted by atomic mass is 9.76. The van der Waals surface area contributed by atoms with E-state index in [1.165, 1.54) is 0 Å². The first-order chi connectivity index (χ1) is 16.0. The lowest BCUT2D eigenvalue weighted by molar-refractivity contribution is -0.138. The molecule has 0 spiro atoms. The Kier molecular flexibility index (Phi) is 5.69. The fourth-order valence-corrected chi connectivity index (χ4v) is 4.31. The van der Waals surface area contributed by atoms with E-state index >= 15 is 0 Å². The topological polar surface area (TPSA) is 100 Å². The predicted molar refractivity (Wildman–Crippen MR) is 108 cm³/mol. The van der Waals surface area contributed by atoms with E-state index in [0.717, 1.165) is 30.2 Å². The largest absolute Gasteiger partial charge is 0.534 e. The molecule has 0 bridgehead atoms. The molecule has 2 aromatic heterocycles. The van der Waals surface area contributed by atoms with Crippen LogP contribution >= 0.6 is 0 Å². The summed E-state index contributed by atoms with van der Waals surface area (Å²) in [5.74, 6) is -1.88. The zero-order chi connectivity index (χ0) is 26.0. The van der Waals surface area contributed by atoms with E-state index in [1.807, 2.05) is 0 Å². The van der Waals surface area contributed by atoms with Gasteiger partial charge in [0.1, 0.15) is 11.3 Å². The molecule has 0 unspecified atom stereocenters. The maximum absolute atomic E-state index is 13.5. The highest BCUT2D eigenvalue weighted by Crippen LogP contribution is 2.41. The zero-order valence-electron chi connectivity index (χ0n) is 18.5. The van der Waals surface area contributed by atoms with Gasteiger partial charge in [-0.05, 0) is 42.9 Å². The number of nitrogens with zero attached hydrogens (tertiary/aromatic N) is 4. The van der Waals surface area contributed by atoms with Gasteiger partial charge in [0.05, 0.1) is 0 Å². The molecule has 8 nitrogen and oxygen atoms in total. The summed E-state index contributed by atoms with van der Waals surface area (Å²) in [6.07, 6.45) is -2.93. The second-order valence-electron chi connectivity index (χ2n) is 8.85. The lowest BCUT2D eigenvalue weighted by Crippen LogP contribution is -2.28. The van der Waals surface area contributed by atoms with Gasteiger partial charge in [0.15, 0.2) is 5.75 Å². The highest BCUT2D eigenvalue weighted by atomic mass is 32.2. The van der Waals surface area contributed by atoms with Gasteiger partial charge in [0.2, 0.25) is 5.82 Å². The van der Waals surface area contributed by atoms with Crippen LogP contribution in [0.25, 0.3) is 23.0 Å². The van der Waals surface area contributed by atoms with Crippen molar-refractivity contribution < 1.29 is 43.5 Å². The Morgan fingerprint density at radius 1 is 1.14 bits per heavy atom. The molecule has 0 saturated carbocycles. The van der Waals surface area contributed by atoms with Crippen molar-refractivity contribution in [1.29, 1.82) is 0 Å². The van der Waals surface area contributed by atoms with Crippen molar-refractivity contribution in [2.45, 2.75) is 44.8 Å². The van der Waals surface area contributed by atoms with Crippen LogP contribution < -0.4 is 4.18 Å². The molecule has 190 valence electrons. The third kappa shape index (κ3) is 4.73. The standard InChI is InChI=1S/C20H18F6N4O4S/c1-18(2)7-6-11-13(9-18)30(3)28-15(11)16-27-17(33-29-16)10-4-5-14(12(8-10)19(21,22)23)34-35(31,32)20(24,25)26/h4-5,8H,6-7,9H2,1-3H3. The lowest BCUT2D eigenvalue weighted by Gasteiger charge is -2.29. The van der Waals surface area contributed by atoms with E-state index in [-0.39, 0.29) is 22.7 Å². The first-order valence-electron chi connectivity index (χ1n) is 10.1. The molecule has 35 heavy (non-hydrogen) atoms. The van der Waals surface area contributed by atoms with Gasteiger partial charge in [-0.25, -0.2) is 0 Å². The number of fused-ring (bicyclic) bond motifs is 1. The molecule has 1 aliphatic carbocycles. The van der Waals surface area contributed by atoms with Gasteiger partial charge in [-0.2, -0.15) is 44.8 Å². The molecule has 4 rings (SSSR count). The first-order valence-corrected chi connectivity index (χ1v) is 11.5. The van der Waals surface area contributed by atoms with Crippen LogP contribution in [0.2, 0.25) is 0 Å². The minimum atomic E-state index is -6.32. The van der Waals surface area contributed by atoms with Crippen molar-refractivity contribution in [1.82, 2.24) is 19.9 Å². The number of aromatic nitrogens is 4. The van der Waals surface area contributed by atoms with Crippen LogP contribution in [0.15, 0.2) is 22.7 Å². The van der Waals surface area contributed by atoms with Gasteiger partial charge in [0.25, 0.3) is 5.89 Å². The van der Waals surface area contributed by atoms with Crippen molar-refractivity contribution in [3.63, 3.8) is 0 Å². The fraction of sp³-hybridized carbons (Fsp3) is 0.450. The van der Waals surface area contributed by atoms with Gasteiger partial charge in [-0.3, -0.25) is 4.68 Å². The molecule has 0 atom stereocenters. The van der Waals surface area contributed by atoms with Crippen LogP contribution in [-0.4, -0.2) is 33.8 Å². The molecule has 1 aliphatic rings. The number of aryl methyl sites for hydroxylation is 1. The maximum atomic E-state index is 13.5. The first kappa shape index (κ1) is 25.0. The van der Waals surface area contributed by atoms with E-state index in [9.17, 15) is 34.8 Å². The molecule has 0 fully saturated rings. The Morgan fingerprint density at radius 3 is 2.46 bits per heavy atom.